The Kier molecular flexibility index (Phi) is 8.37. The molecule has 0 radical (unpaired) electrons. The molecule has 1 heterocycles. The fourth-order valence-corrected chi connectivity index (χ4v) is 4.50. The molecular weight excluding hydrogens is 294 g/mol. The molecule has 0 amide bonds. The first-order valence-electron chi connectivity index (χ1n) is 7.29. The van der Waals surface area contributed by atoms with E-state index in [9.17, 15) is 8.42 Å². The van der Waals surface area contributed by atoms with Crippen LogP contribution in [0.25, 0.3) is 0 Å². The summed E-state index contributed by atoms with van der Waals surface area (Å²) in [6.07, 6.45) is 5.20. The van der Waals surface area contributed by atoms with Crippen molar-refractivity contribution >= 4 is 27.6 Å². The Hall–Kier alpha value is -0.430. The second kappa shape index (κ2) is 9.50. The molecule has 0 saturated carbocycles. The summed E-state index contributed by atoms with van der Waals surface area (Å²) in [5, 5.41) is 6.51. The Labute approximate surface area is 127 Å². The summed E-state index contributed by atoms with van der Waals surface area (Å²) < 4.78 is 22.8. The van der Waals surface area contributed by atoms with Crippen LogP contribution in [0.4, 0.5) is 0 Å². The lowest BCUT2D eigenvalue weighted by molar-refractivity contribution is 0.589. The Morgan fingerprint density at radius 3 is 2.75 bits per heavy atom. The van der Waals surface area contributed by atoms with Crippen molar-refractivity contribution in [2.45, 2.75) is 26.2 Å². The van der Waals surface area contributed by atoms with Crippen molar-refractivity contribution < 1.29 is 8.42 Å². The highest BCUT2D eigenvalue weighted by Crippen LogP contribution is 2.18. The normalized spacial score (nSPS) is 21.9. The van der Waals surface area contributed by atoms with E-state index in [1.165, 1.54) is 12.2 Å². The van der Waals surface area contributed by atoms with Gasteiger partial charge in [-0.2, -0.15) is 11.8 Å². The first kappa shape index (κ1) is 17.6. The summed E-state index contributed by atoms with van der Waals surface area (Å²) in [5.74, 6) is 2.80. The van der Waals surface area contributed by atoms with Gasteiger partial charge < -0.3 is 10.6 Å². The zero-order valence-electron chi connectivity index (χ0n) is 12.5. The van der Waals surface area contributed by atoms with E-state index in [1.54, 1.807) is 0 Å². The molecule has 0 aliphatic carbocycles. The SMILES string of the molecule is CCNC(=NCC1CCS(=O)(=O)C1)NCCCCSC. The van der Waals surface area contributed by atoms with Crippen molar-refractivity contribution in [1.29, 1.82) is 0 Å². The largest absolute Gasteiger partial charge is 0.357 e. The quantitative estimate of drug-likeness (QED) is 0.398. The first-order valence-corrected chi connectivity index (χ1v) is 10.5. The molecule has 1 atom stereocenters. The van der Waals surface area contributed by atoms with Crippen LogP contribution in [0.3, 0.4) is 0 Å². The van der Waals surface area contributed by atoms with Gasteiger partial charge in [-0.15, -0.1) is 0 Å². The van der Waals surface area contributed by atoms with Crippen LogP contribution in [0.2, 0.25) is 0 Å². The Morgan fingerprint density at radius 2 is 2.15 bits per heavy atom. The summed E-state index contributed by atoms with van der Waals surface area (Å²) >= 11 is 1.87. The minimum absolute atomic E-state index is 0.187. The van der Waals surface area contributed by atoms with Gasteiger partial charge in [-0.3, -0.25) is 4.99 Å². The zero-order valence-corrected chi connectivity index (χ0v) is 14.2. The average Bonchev–Trinajstić information content (AvgIpc) is 2.75. The maximum Gasteiger partial charge on any atom is 0.191 e. The molecule has 0 aromatic heterocycles. The van der Waals surface area contributed by atoms with Gasteiger partial charge in [-0.25, -0.2) is 8.42 Å². The molecule has 118 valence electrons. The standard InChI is InChI=1S/C13H27N3O2S2/c1-3-14-13(15-7-4-5-8-19-2)16-10-12-6-9-20(17,18)11-12/h12H,3-11H2,1-2H3,(H2,14,15,16). The van der Waals surface area contributed by atoms with E-state index in [1.807, 2.05) is 18.7 Å². The second-order valence-corrected chi connectivity index (χ2v) is 8.33. The number of aliphatic imine (C=N–C) groups is 1. The zero-order chi connectivity index (χ0) is 14.8. The summed E-state index contributed by atoms with van der Waals surface area (Å²) in [6, 6.07) is 0. The van der Waals surface area contributed by atoms with E-state index in [0.717, 1.165) is 31.9 Å². The molecule has 0 aromatic carbocycles. The number of rotatable bonds is 8. The molecule has 2 N–H and O–H groups in total. The number of unbranched alkanes of at least 4 members (excludes halogenated alkanes) is 1. The highest BCUT2D eigenvalue weighted by molar-refractivity contribution is 7.98. The van der Waals surface area contributed by atoms with Crippen molar-refractivity contribution in [3.63, 3.8) is 0 Å². The molecular formula is C13H27N3O2S2. The molecule has 0 bridgehead atoms. The van der Waals surface area contributed by atoms with Gasteiger partial charge in [0, 0.05) is 19.6 Å². The molecule has 0 aromatic rings. The Bertz CT molecular complexity index is 396. The summed E-state index contributed by atoms with van der Waals surface area (Å²) in [6.45, 7) is 4.36. The van der Waals surface area contributed by atoms with Crippen LogP contribution in [0.1, 0.15) is 26.2 Å². The number of nitrogens with one attached hydrogen (secondary N) is 2. The van der Waals surface area contributed by atoms with Crippen LogP contribution < -0.4 is 10.6 Å². The van der Waals surface area contributed by atoms with Gasteiger partial charge >= 0.3 is 0 Å². The van der Waals surface area contributed by atoms with Crippen LogP contribution in [-0.2, 0) is 9.84 Å². The van der Waals surface area contributed by atoms with E-state index in [4.69, 9.17) is 0 Å². The van der Waals surface area contributed by atoms with Gasteiger partial charge in [0.2, 0.25) is 0 Å². The number of thioether (sulfide) groups is 1. The highest BCUT2D eigenvalue weighted by atomic mass is 32.2. The van der Waals surface area contributed by atoms with Crippen molar-refractivity contribution in [2.75, 3.05) is 43.1 Å². The molecule has 7 heteroatoms. The van der Waals surface area contributed by atoms with E-state index in [2.05, 4.69) is 21.9 Å². The van der Waals surface area contributed by atoms with E-state index >= 15 is 0 Å². The first-order chi connectivity index (χ1) is 9.57. The Balaban J connectivity index is 2.31. The third-order valence-corrected chi connectivity index (χ3v) is 5.78. The van der Waals surface area contributed by atoms with Crippen LogP contribution in [0, 0.1) is 5.92 Å². The lowest BCUT2D eigenvalue weighted by Gasteiger charge is -2.12. The predicted octanol–water partition coefficient (Wildman–Crippen LogP) is 1.12. The summed E-state index contributed by atoms with van der Waals surface area (Å²) in [7, 11) is -2.80. The lowest BCUT2D eigenvalue weighted by atomic mass is 10.1. The van der Waals surface area contributed by atoms with Gasteiger partial charge in [0.15, 0.2) is 15.8 Å². The Morgan fingerprint density at radius 1 is 1.35 bits per heavy atom. The second-order valence-electron chi connectivity index (χ2n) is 5.12. The maximum absolute atomic E-state index is 11.4. The number of sulfone groups is 1. The molecule has 1 unspecified atom stereocenters. The van der Waals surface area contributed by atoms with Gasteiger partial charge in [0.1, 0.15) is 0 Å². The third kappa shape index (κ3) is 7.38. The minimum atomic E-state index is -2.80. The smallest absolute Gasteiger partial charge is 0.191 e. The van der Waals surface area contributed by atoms with E-state index in [-0.39, 0.29) is 5.92 Å². The molecule has 1 rings (SSSR count). The number of guanidine groups is 1. The van der Waals surface area contributed by atoms with Crippen LogP contribution in [0.5, 0.6) is 0 Å². The number of nitrogens with zero attached hydrogens (tertiary/aromatic N) is 1. The van der Waals surface area contributed by atoms with E-state index < -0.39 is 9.84 Å². The monoisotopic (exact) mass is 321 g/mol. The van der Waals surface area contributed by atoms with Crippen molar-refractivity contribution in [2.24, 2.45) is 10.9 Å². The number of hydrogen-bond donors (Lipinski definition) is 2. The van der Waals surface area contributed by atoms with Gasteiger partial charge in [0.05, 0.1) is 11.5 Å². The fraction of sp³-hybridized carbons (Fsp3) is 0.923. The molecule has 0 spiro atoms. The van der Waals surface area contributed by atoms with Gasteiger partial charge in [-0.1, -0.05) is 0 Å². The van der Waals surface area contributed by atoms with Crippen LogP contribution in [-0.4, -0.2) is 57.5 Å². The van der Waals surface area contributed by atoms with Crippen molar-refractivity contribution in [3.05, 3.63) is 0 Å². The topological polar surface area (TPSA) is 70.6 Å². The molecule has 1 aliphatic heterocycles. The number of hydrogen-bond acceptors (Lipinski definition) is 4. The van der Waals surface area contributed by atoms with Gasteiger partial charge in [-0.05, 0) is 44.1 Å². The molecule has 5 nitrogen and oxygen atoms in total. The van der Waals surface area contributed by atoms with Crippen molar-refractivity contribution in [3.8, 4) is 0 Å². The average molecular weight is 322 g/mol. The van der Waals surface area contributed by atoms with Crippen LogP contribution in [0.15, 0.2) is 4.99 Å². The van der Waals surface area contributed by atoms with Crippen LogP contribution >= 0.6 is 11.8 Å². The fourth-order valence-electron chi connectivity index (χ4n) is 2.16. The lowest BCUT2D eigenvalue weighted by Crippen LogP contribution is -2.38. The summed E-state index contributed by atoms with van der Waals surface area (Å²) in [5.41, 5.74) is 0. The summed E-state index contributed by atoms with van der Waals surface area (Å²) in [4.78, 5) is 4.50. The molecule has 1 fully saturated rings. The third-order valence-electron chi connectivity index (χ3n) is 3.25. The minimum Gasteiger partial charge on any atom is -0.357 e. The molecule has 1 saturated heterocycles. The molecule has 20 heavy (non-hydrogen) atoms. The predicted molar refractivity (Wildman–Crippen MR) is 88.4 cm³/mol. The van der Waals surface area contributed by atoms with E-state index in [0.29, 0.717) is 18.1 Å². The highest BCUT2D eigenvalue weighted by Gasteiger charge is 2.27. The maximum atomic E-state index is 11.4. The molecule has 1 aliphatic rings. The van der Waals surface area contributed by atoms with Gasteiger partial charge in [0.25, 0.3) is 0 Å². The van der Waals surface area contributed by atoms with Crippen molar-refractivity contribution in [1.82, 2.24) is 10.6 Å².